The first-order valence-corrected chi connectivity index (χ1v) is 8.06. The number of nitrogens with two attached hydrogens (primary N) is 1. The number of nitrogens with zero attached hydrogens (tertiary/aromatic N) is 1. The van der Waals surface area contributed by atoms with Gasteiger partial charge in [-0.1, -0.05) is 46.3 Å². The summed E-state index contributed by atoms with van der Waals surface area (Å²) >= 11 is 3.41. The van der Waals surface area contributed by atoms with E-state index in [-0.39, 0.29) is 11.3 Å². The zero-order valence-electron chi connectivity index (χ0n) is 13.0. The Kier molecular flexibility index (Phi) is 4.40. The van der Waals surface area contributed by atoms with E-state index in [1.54, 1.807) is 6.07 Å². The lowest BCUT2D eigenvalue weighted by Crippen LogP contribution is -2.29. The Hall–Kier alpha value is -2.60. The molecule has 0 unspecified atom stereocenters. The van der Waals surface area contributed by atoms with Gasteiger partial charge in [0.05, 0.1) is 24.9 Å². The third-order valence-electron chi connectivity index (χ3n) is 3.84. The molecule has 0 radical (unpaired) electrons. The fourth-order valence-electron chi connectivity index (χ4n) is 2.67. The number of carbonyl (C=O) groups is 1. The number of methoxy groups -OCH3 is 1. The number of fused-ring (bicyclic) bond motifs is 1. The number of ether oxygens (including phenoxy) is 1. The fourth-order valence-corrected chi connectivity index (χ4v) is 3.02. The Morgan fingerprint density at radius 1 is 1.21 bits per heavy atom. The average Bonchev–Trinajstić information content (AvgIpc) is 2.59. The Bertz CT molecular complexity index is 981. The number of hydrogen-bond donors (Lipinski definition) is 1. The molecule has 5 nitrogen and oxygen atoms in total. The van der Waals surface area contributed by atoms with Crippen LogP contribution in [0.1, 0.15) is 15.9 Å². The molecule has 0 saturated carbocycles. The van der Waals surface area contributed by atoms with E-state index in [1.807, 2.05) is 42.5 Å². The highest BCUT2D eigenvalue weighted by Gasteiger charge is 2.21. The van der Waals surface area contributed by atoms with Crippen LogP contribution < -0.4 is 11.3 Å². The van der Waals surface area contributed by atoms with Gasteiger partial charge in [-0.15, -0.1) is 0 Å². The predicted octanol–water partition coefficient (Wildman–Crippen LogP) is 3.18. The van der Waals surface area contributed by atoms with E-state index in [0.29, 0.717) is 17.4 Å². The standard InChI is InChI=1S/C18H15BrN2O3/c1-24-18(23)15-16(20)13-8-7-12(19)9-14(13)21(17(15)22)10-11-5-3-2-4-6-11/h2-9H,10,20H2,1H3. The summed E-state index contributed by atoms with van der Waals surface area (Å²) in [5.41, 5.74) is 7.22. The monoisotopic (exact) mass is 386 g/mol. The van der Waals surface area contributed by atoms with Crippen LogP contribution in [0.15, 0.2) is 57.8 Å². The Balaban J connectivity index is 2.34. The molecule has 0 amide bonds. The Morgan fingerprint density at radius 2 is 1.92 bits per heavy atom. The first-order valence-electron chi connectivity index (χ1n) is 7.26. The number of pyridine rings is 1. The number of halogens is 1. The van der Waals surface area contributed by atoms with Gasteiger partial charge in [-0.3, -0.25) is 4.79 Å². The van der Waals surface area contributed by atoms with Crippen LogP contribution in [0.2, 0.25) is 0 Å². The molecular weight excluding hydrogens is 372 g/mol. The van der Waals surface area contributed by atoms with E-state index in [9.17, 15) is 9.59 Å². The van der Waals surface area contributed by atoms with Gasteiger partial charge in [0.2, 0.25) is 0 Å². The van der Waals surface area contributed by atoms with Crippen molar-refractivity contribution in [2.24, 2.45) is 0 Å². The molecule has 3 aromatic rings. The van der Waals surface area contributed by atoms with Gasteiger partial charge >= 0.3 is 5.97 Å². The highest BCUT2D eigenvalue weighted by atomic mass is 79.9. The lowest BCUT2D eigenvalue weighted by molar-refractivity contribution is 0.0599. The fraction of sp³-hybridized carbons (Fsp3) is 0.111. The number of rotatable bonds is 3. The van der Waals surface area contributed by atoms with Crippen LogP contribution in [0.5, 0.6) is 0 Å². The molecule has 0 aliphatic rings. The van der Waals surface area contributed by atoms with Crippen LogP contribution in [-0.2, 0) is 11.3 Å². The Morgan fingerprint density at radius 3 is 2.58 bits per heavy atom. The molecule has 3 rings (SSSR count). The number of carbonyl (C=O) groups excluding carboxylic acids is 1. The molecule has 0 aliphatic heterocycles. The second-order valence-electron chi connectivity index (χ2n) is 5.32. The van der Waals surface area contributed by atoms with Gasteiger partial charge in [-0.2, -0.15) is 0 Å². The van der Waals surface area contributed by atoms with Gasteiger partial charge in [0.15, 0.2) is 0 Å². The van der Waals surface area contributed by atoms with Crippen molar-refractivity contribution in [3.63, 3.8) is 0 Å². The molecular formula is C18H15BrN2O3. The van der Waals surface area contributed by atoms with E-state index < -0.39 is 11.5 Å². The van der Waals surface area contributed by atoms with Gasteiger partial charge < -0.3 is 15.0 Å². The van der Waals surface area contributed by atoms with Gasteiger partial charge in [0.1, 0.15) is 5.56 Å². The maximum absolute atomic E-state index is 12.9. The van der Waals surface area contributed by atoms with E-state index >= 15 is 0 Å². The number of anilines is 1. The van der Waals surface area contributed by atoms with E-state index in [2.05, 4.69) is 15.9 Å². The molecule has 1 heterocycles. The molecule has 122 valence electrons. The highest BCUT2D eigenvalue weighted by Crippen LogP contribution is 2.26. The summed E-state index contributed by atoms with van der Waals surface area (Å²) in [5, 5.41) is 0.633. The van der Waals surface area contributed by atoms with E-state index in [0.717, 1.165) is 10.0 Å². The van der Waals surface area contributed by atoms with Crippen LogP contribution in [0, 0.1) is 0 Å². The summed E-state index contributed by atoms with van der Waals surface area (Å²) in [4.78, 5) is 24.9. The van der Waals surface area contributed by atoms with Gasteiger partial charge in [-0.05, 0) is 23.8 Å². The summed E-state index contributed by atoms with van der Waals surface area (Å²) in [5.74, 6) is -0.732. The highest BCUT2D eigenvalue weighted by molar-refractivity contribution is 9.10. The molecule has 2 aromatic carbocycles. The minimum absolute atomic E-state index is 0.136. The van der Waals surface area contributed by atoms with Crippen LogP contribution in [-0.4, -0.2) is 17.6 Å². The van der Waals surface area contributed by atoms with Crippen LogP contribution >= 0.6 is 15.9 Å². The van der Waals surface area contributed by atoms with Crippen molar-refractivity contribution in [1.82, 2.24) is 4.57 Å². The number of nitrogen functional groups attached to an aromatic ring is 1. The van der Waals surface area contributed by atoms with Crippen molar-refractivity contribution in [3.05, 3.63) is 74.5 Å². The van der Waals surface area contributed by atoms with Gasteiger partial charge in [0, 0.05) is 9.86 Å². The lowest BCUT2D eigenvalue weighted by atomic mass is 10.1. The second-order valence-corrected chi connectivity index (χ2v) is 6.23. The number of esters is 1. The van der Waals surface area contributed by atoms with Gasteiger partial charge in [0.25, 0.3) is 5.56 Å². The third kappa shape index (κ3) is 2.80. The van der Waals surface area contributed by atoms with E-state index in [1.165, 1.54) is 11.7 Å². The normalized spacial score (nSPS) is 10.8. The topological polar surface area (TPSA) is 74.3 Å². The molecule has 0 aliphatic carbocycles. The van der Waals surface area contributed by atoms with Crippen molar-refractivity contribution in [3.8, 4) is 0 Å². The minimum Gasteiger partial charge on any atom is -0.465 e. The number of benzene rings is 2. The maximum Gasteiger partial charge on any atom is 0.345 e. The molecule has 24 heavy (non-hydrogen) atoms. The largest absolute Gasteiger partial charge is 0.465 e. The Labute approximate surface area is 146 Å². The lowest BCUT2D eigenvalue weighted by Gasteiger charge is -2.15. The quantitative estimate of drug-likeness (QED) is 0.701. The first kappa shape index (κ1) is 16.3. The number of hydrogen-bond acceptors (Lipinski definition) is 4. The molecule has 0 spiro atoms. The zero-order valence-corrected chi connectivity index (χ0v) is 14.5. The van der Waals surface area contributed by atoms with Crippen LogP contribution in [0.3, 0.4) is 0 Å². The van der Waals surface area contributed by atoms with Crippen LogP contribution in [0.4, 0.5) is 5.69 Å². The molecule has 6 heteroatoms. The predicted molar refractivity (Wildman–Crippen MR) is 97.2 cm³/mol. The molecule has 1 aromatic heterocycles. The smallest absolute Gasteiger partial charge is 0.345 e. The molecule has 0 saturated heterocycles. The summed E-state index contributed by atoms with van der Waals surface area (Å²) in [6, 6.07) is 15.0. The third-order valence-corrected chi connectivity index (χ3v) is 4.34. The molecule has 0 fully saturated rings. The second kappa shape index (κ2) is 6.49. The van der Waals surface area contributed by atoms with Crippen molar-refractivity contribution < 1.29 is 9.53 Å². The van der Waals surface area contributed by atoms with Crippen molar-refractivity contribution in [2.45, 2.75) is 6.54 Å². The molecule has 2 N–H and O–H groups in total. The summed E-state index contributed by atoms with van der Waals surface area (Å²) in [6.45, 7) is 0.330. The molecule has 0 bridgehead atoms. The average molecular weight is 387 g/mol. The molecule has 0 atom stereocenters. The SMILES string of the molecule is COC(=O)c1c(N)c2ccc(Br)cc2n(Cc2ccccc2)c1=O. The van der Waals surface area contributed by atoms with Crippen molar-refractivity contribution in [1.29, 1.82) is 0 Å². The van der Waals surface area contributed by atoms with Gasteiger partial charge in [-0.25, -0.2) is 4.79 Å². The summed E-state index contributed by atoms with van der Waals surface area (Å²) < 4.78 is 7.09. The number of aromatic nitrogens is 1. The van der Waals surface area contributed by atoms with Crippen molar-refractivity contribution in [2.75, 3.05) is 12.8 Å². The minimum atomic E-state index is -0.732. The summed E-state index contributed by atoms with van der Waals surface area (Å²) in [7, 11) is 1.23. The first-order chi connectivity index (χ1) is 11.5. The van der Waals surface area contributed by atoms with Crippen molar-refractivity contribution >= 4 is 38.5 Å². The summed E-state index contributed by atoms with van der Waals surface area (Å²) in [6.07, 6.45) is 0. The van der Waals surface area contributed by atoms with E-state index in [4.69, 9.17) is 10.5 Å². The zero-order chi connectivity index (χ0) is 17.3. The van der Waals surface area contributed by atoms with Crippen LogP contribution in [0.25, 0.3) is 10.9 Å². The maximum atomic E-state index is 12.9.